The highest BCUT2D eigenvalue weighted by atomic mass is 79.9. The van der Waals surface area contributed by atoms with Gasteiger partial charge in [0, 0.05) is 10.0 Å². The Labute approximate surface area is 142 Å². The van der Waals surface area contributed by atoms with E-state index in [9.17, 15) is 9.18 Å². The minimum absolute atomic E-state index is 0.154. The highest BCUT2D eigenvalue weighted by Crippen LogP contribution is 2.25. The molecule has 0 aliphatic heterocycles. The van der Waals surface area contributed by atoms with Crippen molar-refractivity contribution in [2.75, 3.05) is 5.32 Å². The van der Waals surface area contributed by atoms with Crippen LogP contribution in [0.15, 0.2) is 77.3 Å². The van der Waals surface area contributed by atoms with Crippen LogP contribution in [0, 0.1) is 5.82 Å². The van der Waals surface area contributed by atoms with Gasteiger partial charge in [-0.05, 0) is 35.4 Å². The van der Waals surface area contributed by atoms with Crippen LogP contribution in [0.1, 0.15) is 10.4 Å². The zero-order valence-corrected chi connectivity index (χ0v) is 13.7. The maximum atomic E-state index is 13.9. The lowest BCUT2D eigenvalue weighted by Gasteiger charge is -2.11. The van der Waals surface area contributed by atoms with E-state index in [1.165, 1.54) is 12.1 Å². The fourth-order valence-corrected chi connectivity index (χ4v) is 2.66. The largest absolute Gasteiger partial charge is 0.319 e. The van der Waals surface area contributed by atoms with Crippen LogP contribution in [0.4, 0.5) is 10.1 Å². The SMILES string of the molecule is O=C(Nc1ccc(Br)cc1F)c1ccccc1-c1ccccc1. The summed E-state index contributed by atoms with van der Waals surface area (Å²) in [6, 6.07) is 21.4. The van der Waals surface area contributed by atoms with Gasteiger partial charge >= 0.3 is 0 Å². The number of carbonyl (C=O) groups is 1. The molecule has 0 saturated heterocycles. The van der Waals surface area contributed by atoms with Crippen molar-refractivity contribution >= 4 is 27.5 Å². The van der Waals surface area contributed by atoms with Gasteiger partial charge in [0.05, 0.1) is 5.69 Å². The number of carbonyl (C=O) groups excluding carboxylic acids is 1. The van der Waals surface area contributed by atoms with Gasteiger partial charge in [-0.1, -0.05) is 64.5 Å². The summed E-state index contributed by atoms with van der Waals surface area (Å²) in [7, 11) is 0. The summed E-state index contributed by atoms with van der Waals surface area (Å²) in [5.74, 6) is -0.824. The second-order valence-electron chi connectivity index (χ2n) is 4.99. The lowest BCUT2D eigenvalue weighted by molar-refractivity contribution is 0.102. The van der Waals surface area contributed by atoms with Gasteiger partial charge < -0.3 is 5.32 Å². The van der Waals surface area contributed by atoms with E-state index in [4.69, 9.17) is 0 Å². The Kier molecular flexibility index (Phi) is 4.53. The van der Waals surface area contributed by atoms with Crippen molar-refractivity contribution in [1.29, 1.82) is 0 Å². The van der Waals surface area contributed by atoms with Gasteiger partial charge in [-0.3, -0.25) is 4.79 Å². The van der Waals surface area contributed by atoms with Crippen molar-refractivity contribution in [3.63, 3.8) is 0 Å². The predicted molar refractivity (Wildman–Crippen MR) is 93.9 cm³/mol. The molecule has 114 valence electrons. The summed E-state index contributed by atoms with van der Waals surface area (Å²) in [4.78, 5) is 12.6. The van der Waals surface area contributed by atoms with E-state index in [-0.39, 0.29) is 11.6 Å². The smallest absolute Gasteiger partial charge is 0.256 e. The monoisotopic (exact) mass is 369 g/mol. The molecule has 0 aliphatic rings. The molecule has 0 aromatic heterocycles. The topological polar surface area (TPSA) is 29.1 Å². The third-order valence-electron chi connectivity index (χ3n) is 3.44. The molecule has 2 nitrogen and oxygen atoms in total. The zero-order chi connectivity index (χ0) is 16.2. The van der Waals surface area contributed by atoms with Crippen LogP contribution < -0.4 is 5.32 Å². The fraction of sp³-hybridized carbons (Fsp3) is 0. The van der Waals surface area contributed by atoms with E-state index in [1.807, 2.05) is 42.5 Å². The molecule has 0 atom stereocenters. The first kappa shape index (κ1) is 15.4. The molecule has 0 saturated carbocycles. The molecule has 1 amide bonds. The number of rotatable bonds is 3. The van der Waals surface area contributed by atoms with E-state index in [2.05, 4.69) is 21.2 Å². The Morgan fingerprint density at radius 3 is 2.35 bits per heavy atom. The van der Waals surface area contributed by atoms with Crippen LogP contribution >= 0.6 is 15.9 Å². The number of hydrogen-bond donors (Lipinski definition) is 1. The van der Waals surface area contributed by atoms with Crippen LogP contribution in [0.3, 0.4) is 0 Å². The van der Waals surface area contributed by atoms with Gasteiger partial charge in [0.15, 0.2) is 0 Å². The van der Waals surface area contributed by atoms with Gasteiger partial charge in [0.2, 0.25) is 0 Å². The fourth-order valence-electron chi connectivity index (χ4n) is 2.33. The molecule has 3 rings (SSSR count). The zero-order valence-electron chi connectivity index (χ0n) is 12.1. The second kappa shape index (κ2) is 6.75. The van der Waals surface area contributed by atoms with Crippen LogP contribution in [0.25, 0.3) is 11.1 Å². The predicted octanol–water partition coefficient (Wildman–Crippen LogP) is 5.51. The third kappa shape index (κ3) is 3.48. The first-order chi connectivity index (χ1) is 11.1. The molecule has 4 heteroatoms. The third-order valence-corrected chi connectivity index (χ3v) is 3.93. The van der Waals surface area contributed by atoms with Gasteiger partial charge in [-0.2, -0.15) is 0 Å². The molecule has 1 N–H and O–H groups in total. The van der Waals surface area contributed by atoms with Gasteiger partial charge in [0.1, 0.15) is 5.82 Å². The Bertz CT molecular complexity index is 849. The van der Waals surface area contributed by atoms with E-state index in [0.717, 1.165) is 11.1 Å². The number of halogens is 2. The van der Waals surface area contributed by atoms with Crippen LogP contribution in [-0.4, -0.2) is 5.91 Å². The van der Waals surface area contributed by atoms with Crippen molar-refractivity contribution < 1.29 is 9.18 Å². The molecule has 3 aromatic carbocycles. The molecular weight excluding hydrogens is 357 g/mol. The Morgan fingerprint density at radius 2 is 1.61 bits per heavy atom. The molecule has 0 spiro atoms. The first-order valence-electron chi connectivity index (χ1n) is 7.06. The minimum Gasteiger partial charge on any atom is -0.319 e. The molecule has 0 unspecified atom stereocenters. The van der Waals surface area contributed by atoms with E-state index < -0.39 is 5.82 Å². The van der Waals surface area contributed by atoms with Crippen molar-refractivity contribution in [2.24, 2.45) is 0 Å². The summed E-state index contributed by atoms with van der Waals surface area (Å²) in [5, 5.41) is 2.63. The van der Waals surface area contributed by atoms with Crippen LogP contribution in [-0.2, 0) is 0 Å². The maximum absolute atomic E-state index is 13.9. The van der Waals surface area contributed by atoms with E-state index in [0.29, 0.717) is 10.0 Å². The van der Waals surface area contributed by atoms with Crippen molar-refractivity contribution in [3.05, 3.63) is 88.6 Å². The van der Waals surface area contributed by atoms with E-state index >= 15 is 0 Å². The molecule has 0 heterocycles. The Morgan fingerprint density at radius 1 is 0.913 bits per heavy atom. The van der Waals surface area contributed by atoms with Gasteiger partial charge in [0.25, 0.3) is 5.91 Å². The lowest BCUT2D eigenvalue weighted by atomic mass is 9.99. The number of hydrogen-bond acceptors (Lipinski definition) is 1. The standard InChI is InChI=1S/C19H13BrFNO/c20-14-10-11-18(17(21)12-14)22-19(23)16-9-5-4-8-15(16)13-6-2-1-3-7-13/h1-12H,(H,22,23). The normalized spacial score (nSPS) is 10.3. The van der Waals surface area contributed by atoms with Crippen molar-refractivity contribution in [1.82, 2.24) is 0 Å². The molecule has 0 bridgehead atoms. The van der Waals surface area contributed by atoms with Crippen LogP contribution in [0.2, 0.25) is 0 Å². The molecule has 23 heavy (non-hydrogen) atoms. The molecular formula is C19H13BrFNO. The second-order valence-corrected chi connectivity index (χ2v) is 5.91. The molecule has 0 fully saturated rings. The molecule has 3 aromatic rings. The van der Waals surface area contributed by atoms with Crippen LogP contribution in [0.5, 0.6) is 0 Å². The number of benzene rings is 3. The van der Waals surface area contributed by atoms with Gasteiger partial charge in [-0.15, -0.1) is 0 Å². The molecule has 0 aliphatic carbocycles. The quantitative estimate of drug-likeness (QED) is 0.647. The summed E-state index contributed by atoms with van der Waals surface area (Å²) in [6.45, 7) is 0. The number of nitrogens with one attached hydrogen (secondary N) is 1. The van der Waals surface area contributed by atoms with Gasteiger partial charge in [-0.25, -0.2) is 4.39 Å². The van der Waals surface area contributed by atoms with Crippen molar-refractivity contribution in [2.45, 2.75) is 0 Å². The van der Waals surface area contributed by atoms with Crippen molar-refractivity contribution in [3.8, 4) is 11.1 Å². The highest BCUT2D eigenvalue weighted by Gasteiger charge is 2.14. The Hall–Kier alpha value is -2.46. The average molecular weight is 370 g/mol. The number of amides is 1. The lowest BCUT2D eigenvalue weighted by Crippen LogP contribution is -2.14. The maximum Gasteiger partial charge on any atom is 0.256 e. The first-order valence-corrected chi connectivity index (χ1v) is 7.85. The Balaban J connectivity index is 1.94. The van der Waals surface area contributed by atoms with E-state index in [1.54, 1.807) is 18.2 Å². The summed E-state index contributed by atoms with van der Waals surface area (Å²) in [6.07, 6.45) is 0. The average Bonchev–Trinajstić information content (AvgIpc) is 2.58. The molecule has 0 radical (unpaired) electrons. The summed E-state index contributed by atoms with van der Waals surface area (Å²) in [5.41, 5.74) is 2.40. The number of anilines is 1. The summed E-state index contributed by atoms with van der Waals surface area (Å²) >= 11 is 3.20. The minimum atomic E-state index is -0.482. The highest BCUT2D eigenvalue weighted by molar-refractivity contribution is 9.10. The summed E-state index contributed by atoms with van der Waals surface area (Å²) < 4.78 is 14.5.